The quantitative estimate of drug-likeness (QED) is 0.484. The molecule has 0 fully saturated rings. The summed E-state index contributed by atoms with van der Waals surface area (Å²) in [6, 6.07) is 15.7. The molecule has 0 aliphatic carbocycles. The molecule has 0 unspecified atom stereocenters. The van der Waals surface area contributed by atoms with Gasteiger partial charge in [0.15, 0.2) is 11.0 Å². The summed E-state index contributed by atoms with van der Waals surface area (Å²) in [7, 11) is 0. The van der Waals surface area contributed by atoms with E-state index in [0.29, 0.717) is 22.8 Å². The van der Waals surface area contributed by atoms with Gasteiger partial charge in [-0.15, -0.1) is 0 Å². The Labute approximate surface area is 152 Å². The highest BCUT2D eigenvalue weighted by Gasteiger charge is 2.17. The molecular formula is C20H12N6O. The number of imidazole rings is 2. The van der Waals surface area contributed by atoms with E-state index in [2.05, 4.69) is 29.9 Å². The van der Waals surface area contributed by atoms with Crippen molar-refractivity contribution in [1.82, 2.24) is 29.9 Å². The minimum atomic E-state index is 0.400. The van der Waals surface area contributed by atoms with Crippen LogP contribution in [0.2, 0.25) is 0 Å². The molecule has 0 aliphatic heterocycles. The van der Waals surface area contributed by atoms with Crippen molar-refractivity contribution in [2.24, 2.45) is 0 Å². The Bertz CT molecular complexity index is 1350. The summed E-state index contributed by atoms with van der Waals surface area (Å²) in [5.74, 6) is 0.800. The van der Waals surface area contributed by atoms with E-state index in [9.17, 15) is 0 Å². The maximum absolute atomic E-state index is 6.15. The van der Waals surface area contributed by atoms with Crippen molar-refractivity contribution in [2.75, 3.05) is 0 Å². The standard InChI is InChI=1S/C20H12N6O/c1-3-7-13-11(5-1)15-17(23-9-21-15)19(25-13)27-20-18-16(22-10-24-18)12-6-2-4-8-14(12)26-20/h1-10H,(H,21,23)(H,22,24). The summed E-state index contributed by atoms with van der Waals surface area (Å²) in [6.45, 7) is 0. The first-order valence-corrected chi connectivity index (χ1v) is 8.50. The smallest absolute Gasteiger partial charge is 0.250 e. The highest BCUT2D eigenvalue weighted by Crippen LogP contribution is 2.34. The fraction of sp³-hybridized carbons (Fsp3) is 0. The van der Waals surface area contributed by atoms with Crippen molar-refractivity contribution < 1.29 is 4.74 Å². The summed E-state index contributed by atoms with van der Waals surface area (Å²) in [4.78, 5) is 24.5. The molecular weight excluding hydrogens is 340 g/mol. The Kier molecular flexibility index (Phi) is 2.76. The molecule has 6 aromatic rings. The number of para-hydroxylation sites is 2. The molecule has 7 nitrogen and oxygen atoms in total. The topological polar surface area (TPSA) is 92.4 Å². The number of nitrogens with zero attached hydrogens (tertiary/aromatic N) is 4. The number of fused-ring (bicyclic) bond motifs is 6. The number of nitrogens with one attached hydrogen (secondary N) is 2. The molecule has 0 saturated carbocycles. The largest absolute Gasteiger partial charge is 0.416 e. The third-order valence-electron chi connectivity index (χ3n) is 4.67. The number of hydrogen-bond donors (Lipinski definition) is 2. The molecule has 0 spiro atoms. The highest BCUT2D eigenvalue weighted by molar-refractivity contribution is 6.05. The molecule has 27 heavy (non-hydrogen) atoms. The van der Waals surface area contributed by atoms with Crippen LogP contribution in [0.4, 0.5) is 0 Å². The van der Waals surface area contributed by atoms with Crippen molar-refractivity contribution in [3.05, 3.63) is 61.2 Å². The van der Waals surface area contributed by atoms with Gasteiger partial charge >= 0.3 is 0 Å². The maximum atomic E-state index is 6.15. The van der Waals surface area contributed by atoms with E-state index in [1.807, 2.05) is 48.5 Å². The number of ether oxygens (including phenoxy) is 1. The van der Waals surface area contributed by atoms with Crippen LogP contribution in [0.1, 0.15) is 0 Å². The summed E-state index contributed by atoms with van der Waals surface area (Å²) < 4.78 is 6.15. The first-order chi connectivity index (χ1) is 13.4. The number of rotatable bonds is 2. The zero-order chi connectivity index (χ0) is 17.8. The zero-order valence-electron chi connectivity index (χ0n) is 14.0. The first kappa shape index (κ1) is 14.2. The number of hydrogen-bond acceptors (Lipinski definition) is 5. The molecule has 128 valence electrons. The van der Waals surface area contributed by atoms with Gasteiger partial charge in [-0.2, -0.15) is 0 Å². The van der Waals surface area contributed by atoms with Crippen LogP contribution in [0, 0.1) is 0 Å². The first-order valence-electron chi connectivity index (χ1n) is 8.50. The van der Waals surface area contributed by atoms with Crippen molar-refractivity contribution in [2.45, 2.75) is 0 Å². The molecule has 6 rings (SSSR count). The molecule has 0 aliphatic rings. The third kappa shape index (κ3) is 2.02. The van der Waals surface area contributed by atoms with Gasteiger partial charge in [-0.3, -0.25) is 0 Å². The van der Waals surface area contributed by atoms with Gasteiger partial charge in [0.25, 0.3) is 0 Å². The second kappa shape index (κ2) is 5.25. The Morgan fingerprint density at radius 3 is 1.63 bits per heavy atom. The van der Waals surface area contributed by atoms with E-state index >= 15 is 0 Å². The van der Waals surface area contributed by atoms with Gasteiger partial charge in [-0.05, 0) is 12.1 Å². The number of pyridine rings is 2. The Morgan fingerprint density at radius 1 is 0.630 bits per heavy atom. The van der Waals surface area contributed by atoms with Crippen LogP contribution in [-0.2, 0) is 0 Å². The van der Waals surface area contributed by atoms with E-state index in [0.717, 1.165) is 32.8 Å². The van der Waals surface area contributed by atoms with Gasteiger partial charge in [0.05, 0.1) is 34.7 Å². The molecule has 4 aromatic heterocycles. The van der Waals surface area contributed by atoms with Crippen molar-refractivity contribution in [3.8, 4) is 11.8 Å². The van der Waals surface area contributed by atoms with E-state index in [4.69, 9.17) is 4.74 Å². The van der Waals surface area contributed by atoms with Crippen molar-refractivity contribution in [3.63, 3.8) is 0 Å². The number of H-pyrrole nitrogens is 2. The van der Waals surface area contributed by atoms with Crippen LogP contribution in [0.25, 0.3) is 43.9 Å². The lowest BCUT2D eigenvalue weighted by molar-refractivity contribution is 0.458. The lowest BCUT2D eigenvalue weighted by atomic mass is 10.2. The minimum absolute atomic E-state index is 0.400. The fourth-order valence-corrected chi connectivity index (χ4v) is 3.45. The van der Waals surface area contributed by atoms with Crippen molar-refractivity contribution in [1.29, 1.82) is 0 Å². The number of aromatic nitrogens is 6. The summed E-state index contributed by atoms with van der Waals surface area (Å²) in [5.41, 5.74) is 4.73. The van der Waals surface area contributed by atoms with Crippen LogP contribution in [0.5, 0.6) is 11.8 Å². The van der Waals surface area contributed by atoms with Crippen LogP contribution in [0.3, 0.4) is 0 Å². The lowest BCUT2D eigenvalue weighted by Gasteiger charge is -2.08. The zero-order valence-corrected chi connectivity index (χ0v) is 14.0. The van der Waals surface area contributed by atoms with E-state index in [-0.39, 0.29) is 0 Å². The fourth-order valence-electron chi connectivity index (χ4n) is 3.45. The van der Waals surface area contributed by atoms with Crippen LogP contribution < -0.4 is 4.74 Å². The van der Waals surface area contributed by atoms with Gasteiger partial charge in [0, 0.05) is 10.8 Å². The Morgan fingerprint density at radius 2 is 1.11 bits per heavy atom. The van der Waals surface area contributed by atoms with Crippen LogP contribution in [-0.4, -0.2) is 29.9 Å². The average Bonchev–Trinajstić information content (AvgIpc) is 3.38. The molecule has 0 bridgehead atoms. The van der Waals surface area contributed by atoms with Crippen LogP contribution in [0.15, 0.2) is 61.2 Å². The van der Waals surface area contributed by atoms with Gasteiger partial charge in [-0.1, -0.05) is 36.4 Å². The molecule has 7 heteroatoms. The molecule has 0 atom stereocenters. The van der Waals surface area contributed by atoms with Gasteiger partial charge < -0.3 is 14.7 Å². The second-order valence-electron chi connectivity index (χ2n) is 6.22. The van der Waals surface area contributed by atoms with Crippen molar-refractivity contribution >= 4 is 43.9 Å². The summed E-state index contributed by atoms with van der Waals surface area (Å²) in [5, 5.41) is 1.99. The third-order valence-corrected chi connectivity index (χ3v) is 4.67. The number of benzene rings is 2. The Hall–Kier alpha value is -4.00. The van der Waals surface area contributed by atoms with Gasteiger partial charge in [0.2, 0.25) is 11.8 Å². The Balaban J connectivity index is 1.62. The highest BCUT2D eigenvalue weighted by atomic mass is 16.5. The van der Waals surface area contributed by atoms with E-state index in [1.54, 1.807) is 12.7 Å². The van der Waals surface area contributed by atoms with Crippen LogP contribution >= 0.6 is 0 Å². The molecule has 2 N–H and O–H groups in total. The summed E-state index contributed by atoms with van der Waals surface area (Å²) >= 11 is 0. The minimum Gasteiger partial charge on any atom is -0.416 e. The predicted octanol–water partition coefficient (Wildman–Crippen LogP) is 4.33. The predicted molar refractivity (Wildman–Crippen MR) is 103 cm³/mol. The number of aromatic amines is 2. The van der Waals surface area contributed by atoms with Gasteiger partial charge in [0.1, 0.15) is 0 Å². The molecule has 4 heterocycles. The molecule has 0 amide bonds. The van der Waals surface area contributed by atoms with E-state index in [1.165, 1.54) is 0 Å². The maximum Gasteiger partial charge on any atom is 0.250 e. The molecule has 0 saturated heterocycles. The second-order valence-corrected chi connectivity index (χ2v) is 6.22. The normalized spacial score (nSPS) is 11.7. The summed E-state index contributed by atoms with van der Waals surface area (Å²) in [6.07, 6.45) is 3.28. The van der Waals surface area contributed by atoms with Gasteiger partial charge in [-0.25, -0.2) is 19.9 Å². The van der Waals surface area contributed by atoms with E-state index < -0.39 is 0 Å². The lowest BCUT2D eigenvalue weighted by Crippen LogP contribution is -1.95. The monoisotopic (exact) mass is 352 g/mol. The average molecular weight is 352 g/mol. The SMILES string of the molecule is c1ccc2c(c1)nc(Oc1nc3ccccc3c3[nH]cnc13)c1nc[nH]c12. The molecule has 0 radical (unpaired) electrons. The molecule has 2 aromatic carbocycles.